The van der Waals surface area contributed by atoms with E-state index in [-0.39, 0.29) is 25.1 Å². The topological polar surface area (TPSA) is 76.0 Å². The molecule has 0 aliphatic carbocycles. The molecule has 0 spiro atoms. The monoisotopic (exact) mass is 362 g/mol. The molecule has 0 unspecified atom stereocenters. The Morgan fingerprint density at radius 2 is 1.96 bits per heavy atom. The molecule has 2 N–H and O–H groups in total. The number of ether oxygens (including phenoxy) is 2. The molecule has 0 heterocycles. The Balaban J connectivity index is 2.45. The largest absolute Gasteiger partial charge is 0.491 e. The van der Waals surface area contributed by atoms with Gasteiger partial charge in [0.25, 0.3) is 0 Å². The first-order valence-electron chi connectivity index (χ1n) is 9.01. The zero-order valence-electron chi connectivity index (χ0n) is 15.9. The van der Waals surface area contributed by atoms with Crippen molar-refractivity contribution in [2.75, 3.05) is 19.8 Å². The van der Waals surface area contributed by atoms with Gasteiger partial charge in [-0.15, -0.1) is 0 Å². The predicted octanol–water partition coefficient (Wildman–Crippen LogP) is 3.57. The summed E-state index contributed by atoms with van der Waals surface area (Å²) in [5, 5.41) is 19.2. The van der Waals surface area contributed by atoms with Crippen molar-refractivity contribution in [1.82, 2.24) is 0 Å². The fourth-order valence-electron chi connectivity index (χ4n) is 2.46. The maximum atomic E-state index is 11.3. The summed E-state index contributed by atoms with van der Waals surface area (Å²) in [5.41, 5.74) is 1.69. The summed E-state index contributed by atoms with van der Waals surface area (Å²) in [6.45, 7) is 6.25. The van der Waals surface area contributed by atoms with E-state index in [9.17, 15) is 9.90 Å². The molecular formula is C21H30O5. The maximum Gasteiger partial charge on any atom is 0.330 e. The summed E-state index contributed by atoms with van der Waals surface area (Å²) in [4.78, 5) is 11.3. The van der Waals surface area contributed by atoms with Crippen LogP contribution in [-0.4, -0.2) is 36.0 Å². The van der Waals surface area contributed by atoms with Gasteiger partial charge in [-0.2, -0.15) is 0 Å². The van der Waals surface area contributed by atoms with Crippen molar-refractivity contribution < 1.29 is 24.5 Å². The van der Waals surface area contributed by atoms with Crippen LogP contribution in [0.4, 0.5) is 0 Å². The Labute approximate surface area is 156 Å². The summed E-state index contributed by atoms with van der Waals surface area (Å²) in [6, 6.07) is 7.28. The fourth-order valence-corrected chi connectivity index (χ4v) is 2.46. The van der Waals surface area contributed by atoms with Gasteiger partial charge in [0.2, 0.25) is 0 Å². The lowest BCUT2D eigenvalue weighted by Gasteiger charge is -2.19. The third-order valence-corrected chi connectivity index (χ3v) is 3.92. The summed E-state index contributed by atoms with van der Waals surface area (Å²) in [7, 11) is 0. The first kappa shape index (κ1) is 21.9. The molecule has 0 saturated carbocycles. The quantitative estimate of drug-likeness (QED) is 0.357. The molecule has 0 aliphatic rings. The van der Waals surface area contributed by atoms with E-state index in [4.69, 9.17) is 14.6 Å². The van der Waals surface area contributed by atoms with Crippen LogP contribution < -0.4 is 4.74 Å². The van der Waals surface area contributed by atoms with E-state index in [0.717, 1.165) is 24.0 Å². The van der Waals surface area contributed by atoms with Gasteiger partial charge in [0.1, 0.15) is 12.4 Å². The Bertz CT molecular complexity index is 589. The van der Waals surface area contributed by atoms with Gasteiger partial charge in [0, 0.05) is 6.08 Å². The zero-order valence-corrected chi connectivity index (χ0v) is 15.9. The minimum Gasteiger partial charge on any atom is -0.491 e. The van der Waals surface area contributed by atoms with E-state index in [1.807, 2.05) is 38.1 Å². The molecule has 1 aromatic carbocycles. The number of carbonyl (C=O) groups is 1. The van der Waals surface area contributed by atoms with E-state index >= 15 is 0 Å². The number of aliphatic hydroxyl groups is 2. The molecule has 2 atom stereocenters. The number of benzene rings is 1. The van der Waals surface area contributed by atoms with Gasteiger partial charge in [-0.25, -0.2) is 4.79 Å². The Kier molecular flexibility index (Phi) is 10.4. The number of aliphatic hydroxyl groups excluding tert-OH is 2. The molecule has 0 aromatic heterocycles. The van der Waals surface area contributed by atoms with Crippen LogP contribution in [0.2, 0.25) is 0 Å². The number of esters is 1. The van der Waals surface area contributed by atoms with Gasteiger partial charge < -0.3 is 19.7 Å². The zero-order chi connectivity index (χ0) is 19.4. The van der Waals surface area contributed by atoms with Crippen molar-refractivity contribution in [3.05, 3.63) is 53.6 Å². The Hall–Kier alpha value is -2.11. The van der Waals surface area contributed by atoms with Crippen LogP contribution in [0.15, 0.2) is 48.1 Å². The average Bonchev–Trinajstić information content (AvgIpc) is 2.63. The van der Waals surface area contributed by atoms with Crippen LogP contribution in [0.1, 0.15) is 45.3 Å². The van der Waals surface area contributed by atoms with Crippen molar-refractivity contribution in [3.63, 3.8) is 0 Å². The highest BCUT2D eigenvalue weighted by molar-refractivity contribution is 5.83. The number of carbonyl (C=O) groups excluding carboxylic acids is 1. The molecule has 0 fully saturated rings. The van der Waals surface area contributed by atoms with E-state index in [1.165, 1.54) is 6.08 Å². The van der Waals surface area contributed by atoms with Crippen molar-refractivity contribution in [2.24, 2.45) is 5.92 Å². The van der Waals surface area contributed by atoms with Gasteiger partial charge >= 0.3 is 5.97 Å². The predicted molar refractivity (Wildman–Crippen MR) is 102 cm³/mol. The molecule has 1 aromatic rings. The van der Waals surface area contributed by atoms with Crippen LogP contribution in [0.5, 0.6) is 5.75 Å². The highest BCUT2D eigenvalue weighted by Crippen LogP contribution is 2.27. The highest BCUT2D eigenvalue weighted by Gasteiger charge is 2.15. The van der Waals surface area contributed by atoms with Crippen LogP contribution in [0.3, 0.4) is 0 Å². The average molecular weight is 362 g/mol. The van der Waals surface area contributed by atoms with Crippen molar-refractivity contribution in [3.8, 4) is 5.75 Å². The summed E-state index contributed by atoms with van der Waals surface area (Å²) in [5.74, 6) is 0.442. The molecule has 0 radical (unpaired) electrons. The molecule has 1 rings (SSSR count). The van der Waals surface area contributed by atoms with Crippen molar-refractivity contribution in [2.45, 2.75) is 39.7 Å². The van der Waals surface area contributed by atoms with E-state index < -0.39 is 6.10 Å². The van der Waals surface area contributed by atoms with E-state index in [2.05, 4.69) is 0 Å². The van der Waals surface area contributed by atoms with E-state index in [0.29, 0.717) is 12.4 Å². The third-order valence-electron chi connectivity index (χ3n) is 3.92. The standard InChI is InChI=1S/C21H30O5/c1-4-25-20(23)15-16(2)7-5-6-8-17(3)21(24)18-9-11-19(12-10-18)26-14-13-22/h5,7,9-12,15,17,21-22,24H,4,6,8,13-14H2,1-3H3/b7-5+,16-15+/t17-,21-/m1/s1. The lowest BCUT2D eigenvalue weighted by molar-refractivity contribution is -0.137. The lowest BCUT2D eigenvalue weighted by atomic mass is 9.93. The molecule has 144 valence electrons. The third kappa shape index (κ3) is 8.32. The van der Waals surface area contributed by atoms with Crippen LogP contribution in [0.25, 0.3) is 0 Å². The first-order chi connectivity index (χ1) is 12.5. The smallest absolute Gasteiger partial charge is 0.330 e. The molecule has 0 saturated heterocycles. The second-order valence-corrected chi connectivity index (χ2v) is 6.18. The second-order valence-electron chi connectivity index (χ2n) is 6.18. The van der Waals surface area contributed by atoms with Crippen LogP contribution >= 0.6 is 0 Å². The van der Waals surface area contributed by atoms with Gasteiger partial charge in [-0.05, 0) is 55.9 Å². The molecular weight excluding hydrogens is 332 g/mol. The Morgan fingerprint density at radius 1 is 1.27 bits per heavy atom. The molecule has 5 nitrogen and oxygen atoms in total. The van der Waals surface area contributed by atoms with Crippen molar-refractivity contribution in [1.29, 1.82) is 0 Å². The highest BCUT2D eigenvalue weighted by atomic mass is 16.5. The minimum absolute atomic E-state index is 0.0244. The van der Waals surface area contributed by atoms with Crippen molar-refractivity contribution >= 4 is 5.97 Å². The summed E-state index contributed by atoms with van der Waals surface area (Å²) < 4.78 is 10.2. The lowest BCUT2D eigenvalue weighted by Crippen LogP contribution is -2.09. The summed E-state index contributed by atoms with van der Waals surface area (Å²) >= 11 is 0. The SMILES string of the molecule is CCOC(=O)/C=C(C)/C=C/CC[C@@H](C)[C@@H](O)c1ccc(OCCO)cc1. The van der Waals surface area contributed by atoms with Gasteiger partial charge in [0.05, 0.1) is 19.3 Å². The minimum atomic E-state index is -0.550. The molecule has 0 bridgehead atoms. The number of hydrogen-bond acceptors (Lipinski definition) is 5. The van der Waals surface area contributed by atoms with E-state index in [1.54, 1.807) is 19.1 Å². The van der Waals surface area contributed by atoms with Gasteiger partial charge in [0.15, 0.2) is 0 Å². The Morgan fingerprint density at radius 3 is 2.58 bits per heavy atom. The fraction of sp³-hybridized carbons (Fsp3) is 0.476. The number of hydrogen-bond donors (Lipinski definition) is 2. The molecule has 0 amide bonds. The van der Waals surface area contributed by atoms with Crippen LogP contribution in [0, 0.1) is 5.92 Å². The maximum absolute atomic E-state index is 11.3. The molecule has 5 heteroatoms. The number of rotatable bonds is 11. The summed E-state index contributed by atoms with van der Waals surface area (Å²) in [6.07, 6.45) is 6.45. The van der Waals surface area contributed by atoms with Gasteiger partial charge in [-0.3, -0.25) is 0 Å². The normalized spacial score (nSPS) is 14.3. The first-order valence-corrected chi connectivity index (χ1v) is 9.01. The van der Waals surface area contributed by atoms with Crippen LogP contribution in [-0.2, 0) is 9.53 Å². The van der Waals surface area contributed by atoms with Gasteiger partial charge in [-0.1, -0.05) is 31.2 Å². The molecule has 0 aliphatic heterocycles. The second kappa shape index (κ2) is 12.3. The number of allylic oxidation sites excluding steroid dienone is 3. The molecule has 26 heavy (non-hydrogen) atoms.